The van der Waals surface area contributed by atoms with Gasteiger partial charge in [-0.25, -0.2) is 0 Å². The molecule has 116 valence electrons. The minimum atomic E-state index is -0.332. The molecule has 1 aromatic carbocycles. The topological polar surface area (TPSA) is 47.6 Å². The summed E-state index contributed by atoms with van der Waals surface area (Å²) in [5.41, 5.74) is 0.724. The second-order valence-corrected chi connectivity index (χ2v) is 5.74. The summed E-state index contributed by atoms with van der Waals surface area (Å²) in [7, 11) is 1.65. The maximum atomic E-state index is 12.3. The lowest BCUT2D eigenvalue weighted by Crippen LogP contribution is -2.35. The van der Waals surface area contributed by atoms with Crippen LogP contribution in [0.4, 0.5) is 0 Å². The van der Waals surface area contributed by atoms with Gasteiger partial charge in [0.1, 0.15) is 0 Å². The van der Waals surface area contributed by atoms with E-state index in [9.17, 15) is 4.79 Å². The van der Waals surface area contributed by atoms with Crippen molar-refractivity contribution < 1.29 is 14.3 Å². The van der Waals surface area contributed by atoms with Crippen LogP contribution in [0, 0.1) is 0 Å². The Morgan fingerprint density at radius 1 is 1.24 bits per heavy atom. The van der Waals surface area contributed by atoms with E-state index in [-0.39, 0.29) is 11.3 Å². The van der Waals surface area contributed by atoms with Crippen LogP contribution < -0.4 is 5.32 Å². The van der Waals surface area contributed by atoms with Gasteiger partial charge in [0.25, 0.3) is 0 Å². The fourth-order valence-corrected chi connectivity index (χ4v) is 2.46. The summed E-state index contributed by atoms with van der Waals surface area (Å²) in [6.07, 6.45) is 2.63. The first-order valence-electron chi connectivity index (χ1n) is 7.30. The van der Waals surface area contributed by atoms with Gasteiger partial charge in [-0.05, 0) is 37.0 Å². The number of hydrogen-bond donors (Lipinski definition) is 1. The van der Waals surface area contributed by atoms with Crippen molar-refractivity contribution in [2.45, 2.75) is 24.7 Å². The van der Waals surface area contributed by atoms with Crippen molar-refractivity contribution in [1.29, 1.82) is 0 Å². The SMILES string of the molecule is COCCOCCCNC(=O)C1(c2ccc(Cl)cc2)CC1. The van der Waals surface area contributed by atoms with Crippen molar-refractivity contribution in [3.8, 4) is 0 Å². The van der Waals surface area contributed by atoms with E-state index in [4.69, 9.17) is 21.1 Å². The van der Waals surface area contributed by atoms with Crippen molar-refractivity contribution in [1.82, 2.24) is 5.32 Å². The van der Waals surface area contributed by atoms with Gasteiger partial charge in [0, 0.05) is 25.3 Å². The number of carbonyl (C=O) groups is 1. The maximum Gasteiger partial charge on any atom is 0.230 e. The Kier molecular flexibility index (Phi) is 6.03. The summed E-state index contributed by atoms with van der Waals surface area (Å²) in [6.45, 7) is 2.48. The van der Waals surface area contributed by atoms with Crippen LogP contribution in [-0.2, 0) is 19.7 Å². The molecule has 0 aliphatic heterocycles. The molecule has 0 atom stereocenters. The fourth-order valence-electron chi connectivity index (χ4n) is 2.33. The molecule has 0 heterocycles. The lowest BCUT2D eigenvalue weighted by atomic mass is 9.95. The predicted molar refractivity (Wildman–Crippen MR) is 82.7 cm³/mol. The average Bonchev–Trinajstić information content (AvgIpc) is 3.28. The molecule has 5 heteroatoms. The smallest absolute Gasteiger partial charge is 0.230 e. The van der Waals surface area contributed by atoms with Crippen LogP contribution in [0.15, 0.2) is 24.3 Å². The molecule has 0 saturated heterocycles. The number of methoxy groups -OCH3 is 1. The van der Waals surface area contributed by atoms with Crippen molar-refractivity contribution in [2.75, 3.05) is 33.5 Å². The normalized spacial score (nSPS) is 15.7. The van der Waals surface area contributed by atoms with Gasteiger partial charge in [0.05, 0.1) is 18.6 Å². The molecule has 0 unspecified atom stereocenters. The predicted octanol–water partition coefficient (Wildman–Crippen LogP) is 2.54. The number of hydrogen-bond acceptors (Lipinski definition) is 3. The molecule has 0 bridgehead atoms. The van der Waals surface area contributed by atoms with E-state index < -0.39 is 0 Å². The second-order valence-electron chi connectivity index (χ2n) is 5.30. The van der Waals surface area contributed by atoms with Crippen LogP contribution in [0.5, 0.6) is 0 Å². The number of benzene rings is 1. The van der Waals surface area contributed by atoms with Crippen molar-refractivity contribution in [3.05, 3.63) is 34.9 Å². The number of amides is 1. The van der Waals surface area contributed by atoms with Gasteiger partial charge in [-0.3, -0.25) is 4.79 Å². The molecule has 2 rings (SSSR count). The molecule has 1 amide bonds. The van der Waals surface area contributed by atoms with Gasteiger partial charge in [-0.15, -0.1) is 0 Å². The molecular weight excluding hydrogens is 290 g/mol. The summed E-state index contributed by atoms with van der Waals surface area (Å²) in [5.74, 6) is 0.113. The van der Waals surface area contributed by atoms with Crippen LogP contribution in [0.25, 0.3) is 0 Å². The zero-order valence-electron chi connectivity index (χ0n) is 12.4. The molecule has 1 N–H and O–H groups in total. The van der Waals surface area contributed by atoms with Crippen LogP contribution in [0.1, 0.15) is 24.8 Å². The molecule has 0 aromatic heterocycles. The van der Waals surface area contributed by atoms with E-state index in [1.807, 2.05) is 24.3 Å². The van der Waals surface area contributed by atoms with E-state index in [0.29, 0.717) is 31.4 Å². The van der Waals surface area contributed by atoms with Gasteiger partial charge < -0.3 is 14.8 Å². The average molecular weight is 312 g/mol. The maximum absolute atomic E-state index is 12.3. The number of rotatable bonds is 9. The summed E-state index contributed by atoms with van der Waals surface area (Å²) in [6, 6.07) is 7.58. The Morgan fingerprint density at radius 3 is 2.57 bits per heavy atom. The van der Waals surface area contributed by atoms with Crippen LogP contribution in [0.2, 0.25) is 5.02 Å². The first kappa shape index (κ1) is 16.3. The van der Waals surface area contributed by atoms with E-state index in [1.54, 1.807) is 7.11 Å². The quantitative estimate of drug-likeness (QED) is 0.713. The minimum Gasteiger partial charge on any atom is -0.382 e. The van der Waals surface area contributed by atoms with Gasteiger partial charge in [-0.2, -0.15) is 0 Å². The summed E-state index contributed by atoms with van der Waals surface area (Å²) in [5, 5.41) is 3.70. The van der Waals surface area contributed by atoms with Crippen molar-refractivity contribution >= 4 is 17.5 Å². The highest BCUT2D eigenvalue weighted by Crippen LogP contribution is 2.48. The van der Waals surface area contributed by atoms with E-state index in [0.717, 1.165) is 24.8 Å². The first-order valence-corrected chi connectivity index (χ1v) is 7.68. The number of ether oxygens (including phenoxy) is 2. The highest BCUT2D eigenvalue weighted by atomic mass is 35.5. The lowest BCUT2D eigenvalue weighted by Gasteiger charge is -2.16. The minimum absolute atomic E-state index is 0.113. The zero-order valence-corrected chi connectivity index (χ0v) is 13.1. The lowest BCUT2D eigenvalue weighted by molar-refractivity contribution is -0.123. The highest BCUT2D eigenvalue weighted by molar-refractivity contribution is 6.30. The summed E-state index contributed by atoms with van der Waals surface area (Å²) in [4.78, 5) is 12.3. The Labute approximate surface area is 130 Å². The third-order valence-electron chi connectivity index (χ3n) is 3.76. The van der Waals surface area contributed by atoms with Crippen LogP contribution >= 0.6 is 11.6 Å². The van der Waals surface area contributed by atoms with Gasteiger partial charge in [0.2, 0.25) is 5.91 Å². The van der Waals surface area contributed by atoms with Crippen LogP contribution in [0.3, 0.4) is 0 Å². The third-order valence-corrected chi connectivity index (χ3v) is 4.02. The van der Waals surface area contributed by atoms with Crippen molar-refractivity contribution in [3.63, 3.8) is 0 Å². The van der Waals surface area contributed by atoms with Gasteiger partial charge in [-0.1, -0.05) is 23.7 Å². The molecule has 0 radical (unpaired) electrons. The Bertz CT molecular complexity index is 457. The van der Waals surface area contributed by atoms with Gasteiger partial charge in [0.15, 0.2) is 0 Å². The molecular formula is C16H22ClNO3. The van der Waals surface area contributed by atoms with Crippen LogP contribution in [-0.4, -0.2) is 39.4 Å². The third kappa shape index (κ3) is 4.43. The molecule has 1 aliphatic carbocycles. The van der Waals surface area contributed by atoms with E-state index in [1.165, 1.54) is 0 Å². The number of halogens is 1. The fraction of sp³-hybridized carbons (Fsp3) is 0.562. The standard InChI is InChI=1S/C16H22ClNO3/c1-20-11-12-21-10-2-9-18-15(19)16(7-8-16)13-3-5-14(17)6-4-13/h3-6H,2,7-12H2,1H3,(H,18,19). The molecule has 4 nitrogen and oxygen atoms in total. The number of nitrogens with one attached hydrogen (secondary N) is 1. The second kappa shape index (κ2) is 7.78. The van der Waals surface area contributed by atoms with Crippen molar-refractivity contribution in [2.24, 2.45) is 0 Å². The number of carbonyl (C=O) groups excluding carboxylic acids is 1. The van der Waals surface area contributed by atoms with E-state index >= 15 is 0 Å². The molecule has 0 spiro atoms. The zero-order chi connectivity index (χ0) is 15.1. The van der Waals surface area contributed by atoms with Gasteiger partial charge >= 0.3 is 0 Å². The molecule has 1 aromatic rings. The molecule has 1 fully saturated rings. The summed E-state index contributed by atoms with van der Waals surface area (Å²) >= 11 is 5.89. The van der Waals surface area contributed by atoms with E-state index in [2.05, 4.69) is 5.32 Å². The monoisotopic (exact) mass is 311 g/mol. The Balaban J connectivity index is 1.72. The molecule has 1 aliphatic rings. The molecule has 21 heavy (non-hydrogen) atoms. The Hall–Kier alpha value is -1.10. The largest absolute Gasteiger partial charge is 0.382 e. The summed E-state index contributed by atoms with van der Waals surface area (Å²) < 4.78 is 10.3. The Morgan fingerprint density at radius 2 is 1.95 bits per heavy atom. The first-order chi connectivity index (χ1) is 10.2. The highest BCUT2D eigenvalue weighted by Gasteiger charge is 2.50. The molecule has 1 saturated carbocycles.